The molecule has 1 aliphatic rings. The zero-order valence-corrected chi connectivity index (χ0v) is 14.5. The summed E-state index contributed by atoms with van der Waals surface area (Å²) in [6.45, 7) is 1.97. The predicted octanol–water partition coefficient (Wildman–Crippen LogP) is 5.19. The van der Waals surface area contributed by atoms with Crippen molar-refractivity contribution in [2.24, 2.45) is 0 Å². The quantitative estimate of drug-likeness (QED) is 0.634. The summed E-state index contributed by atoms with van der Waals surface area (Å²) in [5.41, 5.74) is 3.21. The zero-order chi connectivity index (χ0) is 18.9. The van der Waals surface area contributed by atoms with Gasteiger partial charge in [0, 0.05) is 13.1 Å². The van der Waals surface area contributed by atoms with E-state index >= 15 is 0 Å². The largest absolute Gasteiger partial charge is 0.573 e. The van der Waals surface area contributed by atoms with Crippen LogP contribution in [0.25, 0.3) is 22.2 Å². The van der Waals surface area contributed by atoms with Crippen molar-refractivity contribution in [3.05, 3.63) is 48.7 Å². The van der Waals surface area contributed by atoms with Gasteiger partial charge in [0.2, 0.25) is 0 Å². The second-order valence-electron chi connectivity index (χ2n) is 6.55. The molecule has 0 bridgehead atoms. The molecule has 1 aromatic heterocycles. The highest BCUT2D eigenvalue weighted by molar-refractivity contribution is 5.82. The second kappa shape index (κ2) is 7.06. The van der Waals surface area contributed by atoms with E-state index in [-0.39, 0.29) is 5.75 Å². The molecule has 0 unspecified atom stereocenters. The summed E-state index contributed by atoms with van der Waals surface area (Å²) in [5.74, 6) is 0.632. The Labute approximate surface area is 154 Å². The van der Waals surface area contributed by atoms with Crippen LogP contribution in [0.5, 0.6) is 5.75 Å². The fourth-order valence-corrected chi connectivity index (χ4v) is 3.31. The van der Waals surface area contributed by atoms with E-state index in [0.717, 1.165) is 53.9 Å². The lowest BCUT2D eigenvalue weighted by atomic mass is 10.0. The molecule has 2 heterocycles. The topological polar surface area (TPSA) is 38.2 Å². The molecule has 0 amide bonds. The number of benzene rings is 2. The van der Waals surface area contributed by atoms with Crippen molar-refractivity contribution in [1.82, 2.24) is 9.97 Å². The molecule has 2 aromatic carbocycles. The van der Waals surface area contributed by atoms with Crippen LogP contribution in [0.1, 0.15) is 19.3 Å². The first kappa shape index (κ1) is 17.6. The summed E-state index contributed by atoms with van der Waals surface area (Å²) in [6.07, 6.45) is 0.676. The van der Waals surface area contributed by atoms with Crippen LogP contribution in [-0.4, -0.2) is 29.4 Å². The number of hydrogen-bond donors (Lipinski definition) is 0. The number of ether oxygens (including phenoxy) is 1. The molecule has 1 aliphatic heterocycles. The van der Waals surface area contributed by atoms with Gasteiger partial charge in [0.05, 0.1) is 17.2 Å². The molecule has 140 valence electrons. The van der Waals surface area contributed by atoms with Gasteiger partial charge in [0.25, 0.3) is 0 Å². The van der Waals surface area contributed by atoms with Gasteiger partial charge in [-0.05, 0) is 54.7 Å². The molecule has 4 rings (SSSR count). The molecule has 1 fully saturated rings. The minimum absolute atomic E-state index is 0.237. The van der Waals surface area contributed by atoms with Crippen LogP contribution < -0.4 is 9.64 Å². The fraction of sp³-hybridized carbons (Fsp3) is 0.300. The summed E-state index contributed by atoms with van der Waals surface area (Å²) in [5, 5.41) is 0. The van der Waals surface area contributed by atoms with Crippen LogP contribution >= 0.6 is 0 Å². The Morgan fingerprint density at radius 3 is 2.26 bits per heavy atom. The summed E-state index contributed by atoms with van der Waals surface area (Å²) < 4.78 is 40.8. The third-order valence-corrected chi connectivity index (χ3v) is 4.63. The number of halogens is 3. The van der Waals surface area contributed by atoms with E-state index in [4.69, 9.17) is 4.98 Å². The van der Waals surface area contributed by atoms with Crippen molar-refractivity contribution in [1.29, 1.82) is 0 Å². The average Bonchev–Trinajstić information content (AvgIpc) is 2.67. The molecular weight excluding hydrogens is 355 g/mol. The third kappa shape index (κ3) is 4.13. The first-order chi connectivity index (χ1) is 13.0. The molecule has 0 atom stereocenters. The van der Waals surface area contributed by atoms with Gasteiger partial charge in [-0.25, -0.2) is 4.98 Å². The molecule has 27 heavy (non-hydrogen) atoms. The normalized spacial score (nSPS) is 15.1. The van der Waals surface area contributed by atoms with Crippen LogP contribution in [0.2, 0.25) is 0 Å². The number of nitrogens with zero attached hydrogens (tertiary/aromatic N) is 3. The molecule has 0 aliphatic carbocycles. The first-order valence-electron chi connectivity index (χ1n) is 8.86. The summed E-state index contributed by atoms with van der Waals surface area (Å²) >= 11 is 0. The zero-order valence-electron chi connectivity index (χ0n) is 14.5. The van der Waals surface area contributed by atoms with Gasteiger partial charge >= 0.3 is 6.36 Å². The number of fused-ring (bicyclic) bond motifs is 1. The third-order valence-electron chi connectivity index (χ3n) is 4.63. The van der Waals surface area contributed by atoms with Crippen molar-refractivity contribution in [2.45, 2.75) is 25.6 Å². The molecule has 4 nitrogen and oxygen atoms in total. The van der Waals surface area contributed by atoms with Gasteiger partial charge < -0.3 is 9.64 Å². The van der Waals surface area contributed by atoms with E-state index in [2.05, 4.69) is 14.6 Å². The highest BCUT2D eigenvalue weighted by Crippen LogP contribution is 2.28. The van der Waals surface area contributed by atoms with Gasteiger partial charge in [-0.3, -0.25) is 4.98 Å². The van der Waals surface area contributed by atoms with E-state index in [1.54, 1.807) is 18.3 Å². The van der Waals surface area contributed by atoms with Crippen molar-refractivity contribution >= 4 is 16.9 Å². The Kier molecular flexibility index (Phi) is 4.59. The fourth-order valence-electron chi connectivity index (χ4n) is 3.31. The van der Waals surface area contributed by atoms with Gasteiger partial charge in [0.15, 0.2) is 0 Å². The molecule has 0 N–H and O–H groups in total. The lowest BCUT2D eigenvalue weighted by Crippen LogP contribution is -2.30. The second-order valence-corrected chi connectivity index (χ2v) is 6.55. The van der Waals surface area contributed by atoms with Gasteiger partial charge in [0.1, 0.15) is 11.6 Å². The first-order valence-corrected chi connectivity index (χ1v) is 8.86. The van der Waals surface area contributed by atoms with Crippen LogP contribution in [0, 0.1) is 0 Å². The van der Waals surface area contributed by atoms with Crippen LogP contribution in [0.4, 0.5) is 19.0 Å². The Hall–Kier alpha value is -2.83. The number of hydrogen-bond acceptors (Lipinski definition) is 4. The Morgan fingerprint density at radius 1 is 0.852 bits per heavy atom. The van der Waals surface area contributed by atoms with Crippen LogP contribution in [0.15, 0.2) is 48.7 Å². The number of anilines is 1. The number of alkyl halides is 3. The minimum atomic E-state index is -4.69. The Balaban J connectivity index is 1.62. The van der Waals surface area contributed by atoms with Crippen molar-refractivity contribution in [3.8, 4) is 16.9 Å². The van der Waals surface area contributed by atoms with E-state index in [0.29, 0.717) is 0 Å². The maximum absolute atomic E-state index is 12.3. The molecule has 1 saturated heterocycles. The van der Waals surface area contributed by atoms with Gasteiger partial charge in [-0.1, -0.05) is 18.2 Å². The maximum Gasteiger partial charge on any atom is 0.573 e. The van der Waals surface area contributed by atoms with E-state index in [9.17, 15) is 13.2 Å². The summed E-state index contributed by atoms with van der Waals surface area (Å²) in [7, 11) is 0. The summed E-state index contributed by atoms with van der Waals surface area (Å²) in [6, 6.07) is 11.5. The van der Waals surface area contributed by atoms with Crippen LogP contribution in [-0.2, 0) is 0 Å². The molecule has 0 spiro atoms. The standard InChI is InChI=1S/C20H18F3N3O/c21-20(22,23)27-16-7-4-14(5-8-16)15-6-9-17-18(12-15)25-19(13-24-17)26-10-2-1-3-11-26/h4-9,12-13H,1-3,10-11H2. The highest BCUT2D eigenvalue weighted by Gasteiger charge is 2.30. The van der Waals surface area contributed by atoms with Crippen molar-refractivity contribution in [3.63, 3.8) is 0 Å². The number of rotatable bonds is 3. The lowest BCUT2D eigenvalue weighted by Gasteiger charge is -2.27. The number of piperidine rings is 1. The van der Waals surface area contributed by atoms with E-state index in [1.165, 1.54) is 18.6 Å². The van der Waals surface area contributed by atoms with Crippen molar-refractivity contribution in [2.75, 3.05) is 18.0 Å². The molecule has 7 heteroatoms. The van der Waals surface area contributed by atoms with E-state index < -0.39 is 6.36 Å². The molecule has 0 saturated carbocycles. The van der Waals surface area contributed by atoms with Crippen molar-refractivity contribution < 1.29 is 17.9 Å². The lowest BCUT2D eigenvalue weighted by molar-refractivity contribution is -0.274. The Bertz CT molecular complexity index is 935. The summed E-state index contributed by atoms with van der Waals surface area (Å²) in [4.78, 5) is 11.5. The smallest absolute Gasteiger partial charge is 0.406 e. The molecular formula is C20H18F3N3O. The number of aromatic nitrogens is 2. The van der Waals surface area contributed by atoms with Crippen LogP contribution in [0.3, 0.4) is 0 Å². The minimum Gasteiger partial charge on any atom is -0.406 e. The van der Waals surface area contributed by atoms with E-state index in [1.807, 2.05) is 18.2 Å². The maximum atomic E-state index is 12.3. The Morgan fingerprint density at radius 2 is 1.56 bits per heavy atom. The monoisotopic (exact) mass is 373 g/mol. The highest BCUT2D eigenvalue weighted by atomic mass is 19.4. The predicted molar refractivity (Wildman–Crippen MR) is 97.7 cm³/mol. The molecule has 0 radical (unpaired) electrons. The SMILES string of the molecule is FC(F)(F)Oc1ccc(-c2ccc3ncc(N4CCCCC4)nc3c2)cc1. The molecule has 3 aromatic rings. The average molecular weight is 373 g/mol. The van der Waals surface area contributed by atoms with Gasteiger partial charge in [-0.15, -0.1) is 13.2 Å². The van der Waals surface area contributed by atoms with Gasteiger partial charge in [-0.2, -0.15) is 0 Å².